The summed E-state index contributed by atoms with van der Waals surface area (Å²) < 4.78 is 28.7. The van der Waals surface area contributed by atoms with Crippen molar-refractivity contribution < 1.29 is 18.3 Å². The molecule has 0 saturated heterocycles. The van der Waals surface area contributed by atoms with E-state index in [1.807, 2.05) is 0 Å². The van der Waals surface area contributed by atoms with Gasteiger partial charge in [-0.2, -0.15) is 8.78 Å². The van der Waals surface area contributed by atoms with Gasteiger partial charge in [-0.3, -0.25) is 4.79 Å². The molecule has 6 heteroatoms. The molecular weight excluding hydrogens is 317 g/mol. The summed E-state index contributed by atoms with van der Waals surface area (Å²) in [5, 5.41) is 0.469. The Bertz CT molecular complexity index is 399. The number of ether oxygens (including phenoxy) is 1. The normalized spacial score (nSPS) is 10.6. The highest BCUT2D eigenvalue weighted by atomic mass is 79.9. The van der Waals surface area contributed by atoms with Gasteiger partial charge in [-0.15, -0.1) is 11.6 Å². The average Bonchev–Trinajstić information content (AvgIpc) is 2.28. The molecule has 0 N–H and O–H groups in total. The van der Waals surface area contributed by atoms with Crippen LogP contribution in [0.5, 0.6) is 5.75 Å². The van der Waals surface area contributed by atoms with Crippen molar-refractivity contribution >= 4 is 33.3 Å². The Morgan fingerprint density at radius 2 is 2.18 bits per heavy atom. The highest BCUT2D eigenvalue weighted by Crippen LogP contribution is 2.25. The minimum atomic E-state index is -2.96. The van der Waals surface area contributed by atoms with E-state index in [4.69, 9.17) is 11.6 Å². The Balaban J connectivity index is 3.05. The van der Waals surface area contributed by atoms with Crippen LogP contribution in [-0.4, -0.2) is 17.7 Å². The second-order valence-electron chi connectivity index (χ2n) is 3.20. The number of halogens is 4. The molecule has 0 heterocycles. The van der Waals surface area contributed by atoms with Crippen LogP contribution in [0.3, 0.4) is 0 Å². The summed E-state index contributed by atoms with van der Waals surface area (Å²) in [6.07, 6.45) is 0.222. The minimum absolute atomic E-state index is 0.121. The van der Waals surface area contributed by atoms with Gasteiger partial charge in [-0.1, -0.05) is 22.0 Å². The number of benzene rings is 1. The predicted octanol–water partition coefficient (Wildman–Crippen LogP) is 3.99. The molecule has 0 aliphatic carbocycles. The van der Waals surface area contributed by atoms with Crippen LogP contribution in [-0.2, 0) is 5.88 Å². The number of alkyl halides is 4. The van der Waals surface area contributed by atoms with Crippen molar-refractivity contribution in [2.24, 2.45) is 0 Å². The monoisotopic (exact) mass is 326 g/mol. The van der Waals surface area contributed by atoms with E-state index < -0.39 is 6.61 Å². The Morgan fingerprint density at radius 3 is 2.71 bits per heavy atom. The highest BCUT2D eigenvalue weighted by molar-refractivity contribution is 9.09. The molecule has 2 nitrogen and oxygen atoms in total. The van der Waals surface area contributed by atoms with E-state index in [0.717, 1.165) is 0 Å². The molecule has 1 rings (SSSR count). The van der Waals surface area contributed by atoms with Crippen LogP contribution in [0.1, 0.15) is 22.3 Å². The van der Waals surface area contributed by atoms with Gasteiger partial charge in [-0.25, -0.2) is 0 Å². The summed E-state index contributed by atoms with van der Waals surface area (Å²) in [6.45, 7) is -2.96. The second-order valence-corrected chi connectivity index (χ2v) is 4.27. The topological polar surface area (TPSA) is 26.3 Å². The lowest BCUT2D eigenvalue weighted by Crippen LogP contribution is -2.09. The molecule has 0 bridgehead atoms. The molecule has 0 spiro atoms. The standard InChI is InChI=1S/C11H10BrClF2O2/c12-4-3-9(16)8-2-1-7(6-13)5-10(8)17-11(14)15/h1-2,5,11H,3-4,6H2. The molecule has 0 radical (unpaired) electrons. The van der Waals surface area contributed by atoms with Gasteiger partial charge >= 0.3 is 6.61 Å². The smallest absolute Gasteiger partial charge is 0.387 e. The maximum Gasteiger partial charge on any atom is 0.387 e. The van der Waals surface area contributed by atoms with Gasteiger partial charge in [0.25, 0.3) is 0 Å². The molecule has 0 amide bonds. The summed E-state index contributed by atoms with van der Waals surface area (Å²) >= 11 is 8.71. The van der Waals surface area contributed by atoms with E-state index in [-0.39, 0.29) is 29.4 Å². The Morgan fingerprint density at radius 1 is 1.47 bits per heavy atom. The van der Waals surface area contributed by atoms with Gasteiger partial charge in [0.2, 0.25) is 0 Å². The minimum Gasteiger partial charge on any atom is -0.434 e. The molecule has 0 saturated carbocycles. The Hall–Kier alpha value is -0.680. The van der Waals surface area contributed by atoms with E-state index in [0.29, 0.717) is 10.9 Å². The number of hydrogen-bond acceptors (Lipinski definition) is 2. The van der Waals surface area contributed by atoms with Crippen molar-refractivity contribution in [3.63, 3.8) is 0 Å². The number of Topliss-reactive ketones (excluding diaryl/α,β-unsaturated/α-hetero) is 1. The molecule has 0 fully saturated rings. The molecule has 0 aliphatic heterocycles. The summed E-state index contributed by atoms with van der Waals surface area (Å²) in [7, 11) is 0. The average molecular weight is 328 g/mol. The Labute approximate surface area is 111 Å². The van der Waals surface area contributed by atoms with Crippen LogP contribution in [0.15, 0.2) is 18.2 Å². The second kappa shape index (κ2) is 6.91. The molecule has 17 heavy (non-hydrogen) atoms. The lowest BCUT2D eigenvalue weighted by atomic mass is 10.1. The quantitative estimate of drug-likeness (QED) is 0.583. The SMILES string of the molecule is O=C(CCBr)c1ccc(CCl)cc1OC(F)F. The molecule has 1 aromatic rings. The zero-order valence-electron chi connectivity index (χ0n) is 8.76. The van der Waals surface area contributed by atoms with E-state index in [9.17, 15) is 13.6 Å². The number of hydrogen-bond donors (Lipinski definition) is 0. The summed E-state index contributed by atoms with van der Waals surface area (Å²) in [5.41, 5.74) is 0.774. The van der Waals surface area contributed by atoms with Crippen molar-refractivity contribution in [2.45, 2.75) is 18.9 Å². The lowest BCUT2D eigenvalue weighted by Gasteiger charge is -2.10. The van der Waals surface area contributed by atoms with Gasteiger partial charge in [0.05, 0.1) is 5.56 Å². The number of ketones is 1. The van der Waals surface area contributed by atoms with Crippen LogP contribution in [0.25, 0.3) is 0 Å². The highest BCUT2D eigenvalue weighted by Gasteiger charge is 2.15. The van der Waals surface area contributed by atoms with Crippen LogP contribution >= 0.6 is 27.5 Å². The first-order valence-electron chi connectivity index (χ1n) is 4.81. The zero-order valence-corrected chi connectivity index (χ0v) is 11.1. The first kappa shape index (κ1) is 14.4. The lowest BCUT2D eigenvalue weighted by molar-refractivity contribution is -0.0501. The fourth-order valence-corrected chi connectivity index (χ4v) is 1.82. The van der Waals surface area contributed by atoms with Gasteiger partial charge < -0.3 is 4.74 Å². The largest absolute Gasteiger partial charge is 0.434 e. The maximum absolute atomic E-state index is 12.2. The van der Waals surface area contributed by atoms with Crippen molar-refractivity contribution in [3.8, 4) is 5.75 Å². The zero-order chi connectivity index (χ0) is 12.8. The maximum atomic E-state index is 12.2. The third-order valence-electron chi connectivity index (χ3n) is 2.04. The van der Waals surface area contributed by atoms with E-state index in [1.165, 1.54) is 12.1 Å². The van der Waals surface area contributed by atoms with E-state index in [1.54, 1.807) is 6.07 Å². The van der Waals surface area contributed by atoms with E-state index >= 15 is 0 Å². The van der Waals surface area contributed by atoms with Gasteiger partial charge in [0, 0.05) is 17.6 Å². The van der Waals surface area contributed by atoms with Gasteiger partial charge in [-0.05, 0) is 17.7 Å². The van der Waals surface area contributed by atoms with Crippen LogP contribution in [0, 0.1) is 0 Å². The number of rotatable bonds is 6. The van der Waals surface area contributed by atoms with Crippen molar-refractivity contribution in [1.29, 1.82) is 0 Å². The molecule has 0 aliphatic rings. The summed E-state index contributed by atoms with van der Waals surface area (Å²) in [4.78, 5) is 11.7. The molecule has 0 aromatic heterocycles. The van der Waals surface area contributed by atoms with E-state index in [2.05, 4.69) is 20.7 Å². The number of carbonyl (C=O) groups excluding carboxylic acids is 1. The molecule has 1 aromatic carbocycles. The fraction of sp³-hybridized carbons (Fsp3) is 0.364. The predicted molar refractivity (Wildman–Crippen MR) is 65.4 cm³/mol. The van der Waals surface area contributed by atoms with Crippen molar-refractivity contribution in [1.82, 2.24) is 0 Å². The first-order valence-corrected chi connectivity index (χ1v) is 6.47. The Kier molecular flexibility index (Phi) is 5.85. The fourth-order valence-electron chi connectivity index (χ4n) is 1.29. The third-order valence-corrected chi connectivity index (χ3v) is 2.74. The van der Waals surface area contributed by atoms with Crippen molar-refractivity contribution in [2.75, 3.05) is 5.33 Å². The molecule has 0 atom stereocenters. The van der Waals surface area contributed by atoms with Gasteiger partial charge in [0.15, 0.2) is 5.78 Å². The van der Waals surface area contributed by atoms with Crippen molar-refractivity contribution in [3.05, 3.63) is 29.3 Å². The molecular formula is C11H10BrClF2O2. The molecule has 94 valence electrons. The summed E-state index contributed by atoms with van der Waals surface area (Å²) in [6, 6.07) is 4.44. The van der Waals surface area contributed by atoms with Crippen LogP contribution in [0.4, 0.5) is 8.78 Å². The van der Waals surface area contributed by atoms with Gasteiger partial charge in [0.1, 0.15) is 5.75 Å². The van der Waals surface area contributed by atoms with Crippen LogP contribution < -0.4 is 4.74 Å². The molecule has 0 unspecified atom stereocenters. The summed E-state index contributed by atoms with van der Waals surface area (Å²) in [5.74, 6) is -0.199. The number of carbonyl (C=O) groups is 1. The van der Waals surface area contributed by atoms with Crippen LogP contribution in [0.2, 0.25) is 0 Å². The third kappa shape index (κ3) is 4.24. The first-order chi connectivity index (χ1) is 8.08.